The molecule has 3 rings (SSSR count). The van der Waals surface area contributed by atoms with E-state index in [4.69, 9.17) is 0 Å². The normalized spacial score (nSPS) is 14.5. The summed E-state index contributed by atoms with van der Waals surface area (Å²) < 4.78 is 56.0. The van der Waals surface area contributed by atoms with Crippen LogP contribution in [0.15, 0.2) is 30.5 Å². The van der Waals surface area contributed by atoms with E-state index in [0.29, 0.717) is 28.0 Å². The van der Waals surface area contributed by atoms with Gasteiger partial charge in [-0.2, -0.15) is 8.78 Å². The maximum absolute atomic E-state index is 15.0. The van der Waals surface area contributed by atoms with Gasteiger partial charge in [-0.3, -0.25) is 4.98 Å². The first-order chi connectivity index (χ1) is 14.3. The van der Waals surface area contributed by atoms with Crippen LogP contribution in [-0.4, -0.2) is 39.5 Å². The summed E-state index contributed by atoms with van der Waals surface area (Å²) in [6, 6.07) is 4.55. The number of hydrogen-bond acceptors (Lipinski definition) is 6. The predicted molar refractivity (Wildman–Crippen MR) is 115 cm³/mol. The van der Waals surface area contributed by atoms with Gasteiger partial charge in [-0.05, 0) is 46.2 Å². The molecule has 0 aliphatic heterocycles. The molecule has 0 amide bonds. The lowest BCUT2D eigenvalue weighted by Gasteiger charge is -2.23. The molecule has 0 bridgehead atoms. The Hall–Kier alpha value is -2.51. The summed E-state index contributed by atoms with van der Waals surface area (Å²) in [7, 11) is -2.65. The lowest BCUT2D eigenvalue weighted by atomic mass is 9.97. The number of aliphatic hydroxyl groups excluding tert-OH is 1. The summed E-state index contributed by atoms with van der Waals surface area (Å²) in [6.07, 6.45) is -0.544. The van der Waals surface area contributed by atoms with Gasteiger partial charge < -0.3 is 15.0 Å². The third kappa shape index (κ3) is 4.57. The molecule has 0 aliphatic rings. The van der Waals surface area contributed by atoms with Crippen LogP contribution in [0.2, 0.25) is 0 Å². The molecular weight excluding hydrogens is 428 g/mol. The van der Waals surface area contributed by atoms with Crippen molar-refractivity contribution in [1.29, 1.82) is 0 Å². The van der Waals surface area contributed by atoms with Gasteiger partial charge in [0.25, 0.3) is 0 Å². The van der Waals surface area contributed by atoms with Crippen molar-refractivity contribution < 1.29 is 22.8 Å². The average Bonchev–Trinajstić information content (AvgIpc) is 2.66. The van der Waals surface area contributed by atoms with Crippen LogP contribution in [0.3, 0.4) is 0 Å². The highest BCUT2D eigenvalue weighted by Crippen LogP contribution is 2.37. The largest absolute Gasteiger partial charge is 0.387 e. The van der Waals surface area contributed by atoms with E-state index in [0.717, 1.165) is 13.0 Å². The molecule has 2 N–H and O–H groups in total. The maximum atomic E-state index is 15.0. The van der Waals surface area contributed by atoms with Gasteiger partial charge >= 0.3 is 5.92 Å². The highest BCUT2D eigenvalue weighted by Gasteiger charge is 2.40. The molecule has 1 aromatic carbocycles. The molecule has 2 unspecified atom stereocenters. The third-order valence-corrected chi connectivity index (χ3v) is 6.31. The van der Waals surface area contributed by atoms with E-state index in [1.54, 1.807) is 33.2 Å². The van der Waals surface area contributed by atoms with Gasteiger partial charge in [0.1, 0.15) is 36.1 Å². The lowest BCUT2D eigenvalue weighted by molar-refractivity contribution is -0.108. The molecule has 2 atom stereocenters. The first kappa shape index (κ1) is 23.2. The zero-order valence-corrected chi connectivity index (χ0v) is 18.7. The zero-order chi connectivity index (χ0) is 23.1. The van der Waals surface area contributed by atoms with Gasteiger partial charge in [0, 0.05) is 10.9 Å². The number of nitrogens with one attached hydrogen (secondary N) is 1. The van der Waals surface area contributed by atoms with Gasteiger partial charge in [-0.25, -0.2) is 14.4 Å². The van der Waals surface area contributed by atoms with Crippen LogP contribution in [0.1, 0.15) is 36.8 Å². The maximum Gasteiger partial charge on any atom is 0.301 e. The van der Waals surface area contributed by atoms with Crippen molar-refractivity contribution in [1.82, 2.24) is 15.0 Å². The number of aromatic nitrogens is 3. The number of aliphatic hydroxyl groups is 1. The Morgan fingerprint density at radius 2 is 1.87 bits per heavy atom. The Kier molecular flexibility index (Phi) is 6.13. The Bertz CT molecular complexity index is 1180. The molecule has 0 saturated carbocycles. The second-order valence-electron chi connectivity index (χ2n) is 7.90. The monoisotopic (exact) mass is 452 g/mol. The molecule has 2 heterocycles. The van der Waals surface area contributed by atoms with E-state index in [1.165, 1.54) is 18.3 Å². The smallest absolute Gasteiger partial charge is 0.301 e. The number of benzene rings is 1. The second kappa shape index (κ2) is 8.20. The molecule has 2 aromatic heterocycles. The van der Waals surface area contributed by atoms with E-state index in [2.05, 4.69) is 20.3 Å². The highest BCUT2D eigenvalue weighted by molar-refractivity contribution is 7.69. The Morgan fingerprint density at radius 3 is 2.48 bits per heavy atom. The summed E-state index contributed by atoms with van der Waals surface area (Å²) in [5.41, 5.74) is 0.0251. The van der Waals surface area contributed by atoms with Crippen molar-refractivity contribution in [3.05, 3.63) is 53.2 Å². The fourth-order valence-corrected chi connectivity index (χ4v) is 3.97. The SMILES string of the molecule is Cc1nc(NC(C)c2cccc(C(F)(F)C(C)O)c2F)c2cc(P(C)(C)=O)ncc2n1. The highest BCUT2D eigenvalue weighted by atomic mass is 31.2. The second-order valence-corrected chi connectivity index (χ2v) is 11.1. The Morgan fingerprint density at radius 1 is 1.19 bits per heavy atom. The van der Waals surface area contributed by atoms with E-state index in [1.807, 2.05) is 0 Å². The number of hydrogen-bond donors (Lipinski definition) is 2. The number of rotatable bonds is 6. The van der Waals surface area contributed by atoms with Crippen LogP contribution in [0.4, 0.5) is 19.0 Å². The molecule has 31 heavy (non-hydrogen) atoms. The predicted octanol–water partition coefficient (Wildman–Crippen LogP) is 4.37. The molecule has 166 valence electrons. The summed E-state index contributed by atoms with van der Waals surface area (Å²) in [5, 5.41) is 13.0. The van der Waals surface area contributed by atoms with Crippen LogP contribution < -0.4 is 10.8 Å². The van der Waals surface area contributed by atoms with E-state index >= 15 is 0 Å². The van der Waals surface area contributed by atoms with Crippen molar-refractivity contribution in [2.75, 3.05) is 18.6 Å². The summed E-state index contributed by atoms with van der Waals surface area (Å²) >= 11 is 0. The van der Waals surface area contributed by atoms with Gasteiger partial charge in [0.05, 0.1) is 23.3 Å². The van der Waals surface area contributed by atoms with Gasteiger partial charge in [-0.15, -0.1) is 0 Å². The van der Waals surface area contributed by atoms with Crippen LogP contribution in [-0.2, 0) is 10.5 Å². The topological polar surface area (TPSA) is 88.0 Å². The molecule has 0 spiro atoms. The zero-order valence-electron chi connectivity index (χ0n) is 17.8. The minimum atomic E-state index is -3.73. The fourth-order valence-electron chi connectivity index (χ4n) is 3.19. The quantitative estimate of drug-likeness (QED) is 0.540. The Balaban J connectivity index is 2.06. The number of pyridine rings is 1. The van der Waals surface area contributed by atoms with Crippen molar-refractivity contribution >= 4 is 29.3 Å². The van der Waals surface area contributed by atoms with Gasteiger partial charge in [0.15, 0.2) is 0 Å². The molecule has 10 heteroatoms. The van der Waals surface area contributed by atoms with Crippen molar-refractivity contribution in [2.24, 2.45) is 0 Å². The van der Waals surface area contributed by atoms with Crippen molar-refractivity contribution in [3.8, 4) is 0 Å². The summed E-state index contributed by atoms with van der Waals surface area (Å²) in [5.74, 6) is -4.05. The molecular formula is C21H24F3N4O2P. The molecule has 3 aromatic rings. The number of anilines is 1. The molecule has 0 radical (unpaired) electrons. The summed E-state index contributed by atoms with van der Waals surface area (Å²) in [4.78, 5) is 12.9. The Labute approximate surface area is 178 Å². The van der Waals surface area contributed by atoms with E-state index in [9.17, 15) is 22.8 Å². The van der Waals surface area contributed by atoms with E-state index in [-0.39, 0.29) is 5.56 Å². The first-order valence-electron chi connectivity index (χ1n) is 9.63. The molecule has 0 aliphatic carbocycles. The van der Waals surface area contributed by atoms with Crippen LogP contribution >= 0.6 is 7.14 Å². The number of nitrogens with zero attached hydrogens (tertiary/aromatic N) is 3. The van der Waals surface area contributed by atoms with Crippen molar-refractivity contribution in [2.45, 2.75) is 38.8 Å². The van der Waals surface area contributed by atoms with Crippen LogP contribution in [0, 0.1) is 12.7 Å². The standard InChI is InChI=1S/C21H24F3N4O2P/c1-11(14-7-6-8-16(19(14)22)21(23,24)12(2)29)26-20-15-9-18(31(4,5)30)25-10-17(15)27-13(3)28-20/h6-12,29H,1-5H3,(H,26,27,28). The van der Waals surface area contributed by atoms with Crippen LogP contribution in [0.5, 0.6) is 0 Å². The van der Waals surface area contributed by atoms with Crippen molar-refractivity contribution in [3.63, 3.8) is 0 Å². The molecule has 6 nitrogen and oxygen atoms in total. The summed E-state index contributed by atoms with van der Waals surface area (Å²) in [6.45, 7) is 7.39. The van der Waals surface area contributed by atoms with Gasteiger partial charge in [-0.1, -0.05) is 12.1 Å². The first-order valence-corrected chi connectivity index (χ1v) is 12.2. The number of aryl methyl sites for hydroxylation is 1. The molecule has 0 saturated heterocycles. The third-order valence-electron chi connectivity index (χ3n) is 4.96. The lowest BCUT2D eigenvalue weighted by Crippen LogP contribution is -2.29. The minimum Gasteiger partial charge on any atom is -0.387 e. The van der Waals surface area contributed by atoms with Gasteiger partial charge in [0.2, 0.25) is 0 Å². The minimum absolute atomic E-state index is 0.00632. The number of alkyl halides is 2. The van der Waals surface area contributed by atoms with E-state index < -0.39 is 36.6 Å². The molecule has 0 fully saturated rings. The van der Waals surface area contributed by atoms with Crippen LogP contribution in [0.25, 0.3) is 10.9 Å². The number of fused-ring (bicyclic) bond motifs is 1. The average molecular weight is 452 g/mol. The number of halogens is 3. The fraction of sp³-hybridized carbons (Fsp3) is 0.381.